The molecule has 1 rings (SSSR count). The van der Waals surface area contributed by atoms with Gasteiger partial charge in [0.25, 0.3) is 0 Å². The van der Waals surface area contributed by atoms with Crippen LogP contribution in [0.5, 0.6) is 0 Å². The molecule has 0 aromatic rings. The van der Waals surface area contributed by atoms with Crippen LogP contribution in [0.25, 0.3) is 0 Å². The molecule has 0 heterocycles. The Morgan fingerprint density at radius 1 is 1.55 bits per heavy atom. The molecule has 1 saturated carbocycles. The SMILES string of the molecule is C/C=C/C(=O)NC1CC(C)C1. The average molecular weight is 153 g/mol. The van der Waals surface area contributed by atoms with Gasteiger partial charge in [-0.05, 0) is 31.8 Å². The van der Waals surface area contributed by atoms with Gasteiger partial charge in [0.2, 0.25) is 5.91 Å². The number of nitrogens with one attached hydrogen (secondary N) is 1. The highest BCUT2D eigenvalue weighted by molar-refractivity contribution is 5.87. The van der Waals surface area contributed by atoms with Gasteiger partial charge < -0.3 is 5.32 Å². The second kappa shape index (κ2) is 3.56. The van der Waals surface area contributed by atoms with Gasteiger partial charge in [-0.15, -0.1) is 0 Å². The molecule has 1 aliphatic rings. The third kappa shape index (κ3) is 2.37. The number of rotatable bonds is 2. The van der Waals surface area contributed by atoms with Crippen molar-refractivity contribution >= 4 is 5.91 Å². The van der Waals surface area contributed by atoms with E-state index < -0.39 is 0 Å². The Morgan fingerprint density at radius 2 is 2.18 bits per heavy atom. The van der Waals surface area contributed by atoms with Gasteiger partial charge in [-0.3, -0.25) is 4.79 Å². The number of hydrogen-bond acceptors (Lipinski definition) is 1. The Hall–Kier alpha value is -0.790. The fourth-order valence-corrected chi connectivity index (χ4v) is 1.42. The van der Waals surface area contributed by atoms with Crippen LogP contribution in [0.15, 0.2) is 12.2 Å². The van der Waals surface area contributed by atoms with E-state index >= 15 is 0 Å². The van der Waals surface area contributed by atoms with E-state index in [9.17, 15) is 4.79 Å². The van der Waals surface area contributed by atoms with E-state index in [1.54, 1.807) is 12.2 Å². The molecule has 1 fully saturated rings. The third-order valence-corrected chi connectivity index (χ3v) is 2.04. The Morgan fingerprint density at radius 3 is 2.64 bits per heavy atom. The Kier molecular flexibility index (Phi) is 2.69. The molecule has 62 valence electrons. The van der Waals surface area contributed by atoms with Gasteiger partial charge in [0.05, 0.1) is 0 Å². The van der Waals surface area contributed by atoms with Crippen LogP contribution in [0.1, 0.15) is 26.7 Å². The zero-order valence-corrected chi connectivity index (χ0v) is 7.13. The maximum atomic E-state index is 11.0. The van der Waals surface area contributed by atoms with Gasteiger partial charge in [0.15, 0.2) is 0 Å². The van der Waals surface area contributed by atoms with Crippen molar-refractivity contribution in [2.75, 3.05) is 0 Å². The summed E-state index contributed by atoms with van der Waals surface area (Å²) < 4.78 is 0. The molecule has 0 aliphatic heterocycles. The Balaban J connectivity index is 2.17. The second-order valence-corrected chi connectivity index (χ2v) is 3.28. The molecule has 1 amide bonds. The molecule has 1 aliphatic carbocycles. The van der Waals surface area contributed by atoms with Crippen molar-refractivity contribution < 1.29 is 4.79 Å². The lowest BCUT2D eigenvalue weighted by Crippen LogP contribution is -2.42. The van der Waals surface area contributed by atoms with Crippen molar-refractivity contribution in [1.82, 2.24) is 5.32 Å². The first-order valence-corrected chi connectivity index (χ1v) is 4.15. The topological polar surface area (TPSA) is 29.1 Å². The summed E-state index contributed by atoms with van der Waals surface area (Å²) in [4.78, 5) is 11.0. The van der Waals surface area contributed by atoms with Crippen LogP contribution >= 0.6 is 0 Å². The van der Waals surface area contributed by atoms with E-state index in [2.05, 4.69) is 12.2 Å². The van der Waals surface area contributed by atoms with Gasteiger partial charge in [0.1, 0.15) is 0 Å². The molecular weight excluding hydrogens is 138 g/mol. The fourth-order valence-electron chi connectivity index (χ4n) is 1.42. The summed E-state index contributed by atoms with van der Waals surface area (Å²) in [5.41, 5.74) is 0. The minimum Gasteiger partial charge on any atom is -0.350 e. The van der Waals surface area contributed by atoms with Crippen LogP contribution in [0.3, 0.4) is 0 Å². The van der Waals surface area contributed by atoms with E-state index in [-0.39, 0.29) is 5.91 Å². The number of hydrogen-bond donors (Lipinski definition) is 1. The minimum atomic E-state index is 0.0457. The molecular formula is C9H15NO. The molecule has 0 bridgehead atoms. The smallest absolute Gasteiger partial charge is 0.243 e. The van der Waals surface area contributed by atoms with Crippen molar-refractivity contribution in [3.05, 3.63) is 12.2 Å². The third-order valence-electron chi connectivity index (χ3n) is 2.04. The largest absolute Gasteiger partial charge is 0.350 e. The number of allylic oxidation sites excluding steroid dienone is 1. The van der Waals surface area contributed by atoms with Crippen molar-refractivity contribution in [3.63, 3.8) is 0 Å². The van der Waals surface area contributed by atoms with Gasteiger partial charge in [0, 0.05) is 6.04 Å². The second-order valence-electron chi connectivity index (χ2n) is 3.28. The predicted molar refractivity (Wildman–Crippen MR) is 45.1 cm³/mol. The highest BCUT2D eigenvalue weighted by atomic mass is 16.1. The molecule has 0 aromatic heterocycles. The van der Waals surface area contributed by atoms with Gasteiger partial charge in [-0.25, -0.2) is 0 Å². The molecule has 2 heteroatoms. The Bertz CT molecular complexity index is 168. The molecule has 2 nitrogen and oxygen atoms in total. The zero-order valence-electron chi connectivity index (χ0n) is 7.13. The lowest BCUT2D eigenvalue weighted by molar-refractivity contribution is -0.117. The van der Waals surface area contributed by atoms with Crippen molar-refractivity contribution in [3.8, 4) is 0 Å². The van der Waals surface area contributed by atoms with Crippen LogP contribution < -0.4 is 5.32 Å². The van der Waals surface area contributed by atoms with Crippen LogP contribution in [-0.4, -0.2) is 11.9 Å². The Labute approximate surface area is 67.7 Å². The fraction of sp³-hybridized carbons (Fsp3) is 0.667. The normalized spacial score (nSPS) is 30.0. The number of carbonyl (C=O) groups is 1. The molecule has 0 radical (unpaired) electrons. The number of amides is 1. The quantitative estimate of drug-likeness (QED) is 0.598. The molecule has 1 N–H and O–H groups in total. The summed E-state index contributed by atoms with van der Waals surface area (Å²) in [5, 5.41) is 2.92. The maximum Gasteiger partial charge on any atom is 0.243 e. The molecule has 0 spiro atoms. The zero-order chi connectivity index (χ0) is 8.27. The average Bonchev–Trinajstić information content (AvgIpc) is 1.85. The summed E-state index contributed by atoms with van der Waals surface area (Å²) >= 11 is 0. The lowest BCUT2D eigenvalue weighted by Gasteiger charge is -2.32. The van der Waals surface area contributed by atoms with E-state index in [1.807, 2.05) is 6.92 Å². The molecule has 11 heavy (non-hydrogen) atoms. The van der Waals surface area contributed by atoms with Gasteiger partial charge in [-0.1, -0.05) is 13.0 Å². The predicted octanol–water partition coefficient (Wildman–Crippen LogP) is 1.48. The van der Waals surface area contributed by atoms with E-state index in [0.29, 0.717) is 6.04 Å². The van der Waals surface area contributed by atoms with E-state index in [1.165, 1.54) is 0 Å². The van der Waals surface area contributed by atoms with Crippen LogP contribution in [0.4, 0.5) is 0 Å². The standard InChI is InChI=1S/C9H15NO/c1-3-4-9(11)10-8-5-7(2)6-8/h3-4,7-8H,5-6H2,1-2H3,(H,10,11)/b4-3+. The highest BCUT2D eigenvalue weighted by Crippen LogP contribution is 2.25. The first-order valence-electron chi connectivity index (χ1n) is 4.15. The molecule has 0 unspecified atom stereocenters. The summed E-state index contributed by atoms with van der Waals surface area (Å²) in [6.45, 7) is 4.06. The first kappa shape index (κ1) is 8.31. The van der Waals surface area contributed by atoms with Gasteiger partial charge in [-0.2, -0.15) is 0 Å². The highest BCUT2D eigenvalue weighted by Gasteiger charge is 2.25. The van der Waals surface area contributed by atoms with Crippen LogP contribution in [0, 0.1) is 5.92 Å². The maximum absolute atomic E-state index is 11.0. The number of carbonyl (C=O) groups excluding carboxylic acids is 1. The van der Waals surface area contributed by atoms with Gasteiger partial charge >= 0.3 is 0 Å². The summed E-state index contributed by atoms with van der Waals surface area (Å²) in [6.07, 6.45) is 5.62. The van der Waals surface area contributed by atoms with Crippen LogP contribution in [0.2, 0.25) is 0 Å². The van der Waals surface area contributed by atoms with Crippen molar-refractivity contribution in [2.45, 2.75) is 32.7 Å². The van der Waals surface area contributed by atoms with Crippen LogP contribution in [-0.2, 0) is 4.79 Å². The molecule has 0 aromatic carbocycles. The first-order chi connectivity index (χ1) is 5.22. The van der Waals surface area contributed by atoms with Crippen molar-refractivity contribution in [2.24, 2.45) is 5.92 Å². The van der Waals surface area contributed by atoms with E-state index in [0.717, 1.165) is 18.8 Å². The van der Waals surface area contributed by atoms with Crippen molar-refractivity contribution in [1.29, 1.82) is 0 Å². The molecule has 0 atom stereocenters. The minimum absolute atomic E-state index is 0.0457. The monoisotopic (exact) mass is 153 g/mol. The lowest BCUT2D eigenvalue weighted by atomic mass is 9.82. The molecule has 0 saturated heterocycles. The summed E-state index contributed by atoms with van der Waals surface area (Å²) in [5.74, 6) is 0.843. The summed E-state index contributed by atoms with van der Waals surface area (Å²) in [6, 6.07) is 0.439. The van der Waals surface area contributed by atoms with E-state index in [4.69, 9.17) is 0 Å². The summed E-state index contributed by atoms with van der Waals surface area (Å²) in [7, 11) is 0.